The van der Waals surface area contributed by atoms with Crippen LogP contribution in [0.4, 0.5) is 0 Å². The zero-order valence-corrected chi connectivity index (χ0v) is 13.0. The summed E-state index contributed by atoms with van der Waals surface area (Å²) in [5.74, 6) is -0.545. The van der Waals surface area contributed by atoms with Gasteiger partial charge >= 0.3 is 0 Å². The molecule has 0 unspecified atom stereocenters. The first-order chi connectivity index (χ1) is 11.6. The molecule has 0 saturated carbocycles. The smallest absolute Gasteiger partial charge is 0.275 e. The van der Waals surface area contributed by atoms with Crippen molar-refractivity contribution in [1.82, 2.24) is 5.43 Å². The largest absolute Gasteiger partial charge is 0.507 e. The number of rotatable bonds is 3. The molecular weight excluding hydrogens is 304 g/mol. The predicted octanol–water partition coefficient (Wildman–Crippen LogP) is 3.41. The van der Waals surface area contributed by atoms with Gasteiger partial charge in [0.05, 0.1) is 11.3 Å². The summed E-state index contributed by atoms with van der Waals surface area (Å²) in [6, 6.07) is 17.3. The molecule has 0 aliphatic carbocycles. The number of nitrogens with one attached hydrogen (secondary N) is 1. The van der Waals surface area contributed by atoms with Gasteiger partial charge in [-0.15, -0.1) is 0 Å². The van der Waals surface area contributed by atoms with Crippen LogP contribution in [0.5, 0.6) is 11.5 Å². The van der Waals surface area contributed by atoms with Gasteiger partial charge in [-0.2, -0.15) is 5.10 Å². The number of hydrazone groups is 1. The second-order valence-corrected chi connectivity index (χ2v) is 5.37. The van der Waals surface area contributed by atoms with E-state index in [0.717, 1.165) is 10.8 Å². The van der Waals surface area contributed by atoms with Gasteiger partial charge in [-0.1, -0.05) is 36.4 Å². The van der Waals surface area contributed by atoms with E-state index < -0.39 is 5.91 Å². The maximum Gasteiger partial charge on any atom is 0.275 e. The number of carbonyl (C=O) groups excluding carboxylic acids is 1. The molecule has 3 rings (SSSR count). The van der Waals surface area contributed by atoms with Crippen LogP contribution in [0.2, 0.25) is 0 Å². The summed E-state index contributed by atoms with van der Waals surface area (Å²) in [7, 11) is 0. The second-order valence-electron chi connectivity index (χ2n) is 5.37. The Hall–Kier alpha value is -3.34. The number of hydrogen-bond donors (Lipinski definition) is 3. The van der Waals surface area contributed by atoms with E-state index in [2.05, 4.69) is 10.5 Å². The lowest BCUT2D eigenvalue weighted by atomic mass is 10.1. The first kappa shape index (κ1) is 15.6. The Morgan fingerprint density at radius 1 is 0.875 bits per heavy atom. The van der Waals surface area contributed by atoms with E-state index in [-0.39, 0.29) is 17.1 Å². The van der Waals surface area contributed by atoms with Crippen molar-refractivity contribution in [3.63, 3.8) is 0 Å². The second kappa shape index (κ2) is 6.42. The summed E-state index contributed by atoms with van der Waals surface area (Å²) in [6.07, 6.45) is 0. The number of phenols is 2. The average molecular weight is 320 g/mol. The molecule has 0 aromatic heterocycles. The van der Waals surface area contributed by atoms with Crippen molar-refractivity contribution >= 4 is 22.4 Å². The molecule has 0 aliphatic heterocycles. The number of benzene rings is 3. The number of aromatic hydroxyl groups is 2. The first-order valence-corrected chi connectivity index (χ1v) is 7.41. The minimum atomic E-state index is -0.520. The molecule has 0 heterocycles. The van der Waals surface area contributed by atoms with Crippen LogP contribution in [-0.4, -0.2) is 21.8 Å². The topological polar surface area (TPSA) is 81.9 Å². The number of carbonyl (C=O) groups is 1. The van der Waals surface area contributed by atoms with Crippen LogP contribution in [0.1, 0.15) is 22.8 Å². The number of hydrogen-bond acceptors (Lipinski definition) is 4. The van der Waals surface area contributed by atoms with Crippen molar-refractivity contribution in [2.45, 2.75) is 6.92 Å². The fourth-order valence-electron chi connectivity index (χ4n) is 2.44. The summed E-state index contributed by atoms with van der Waals surface area (Å²) in [6.45, 7) is 1.68. The molecule has 24 heavy (non-hydrogen) atoms. The maximum absolute atomic E-state index is 12.3. The molecule has 0 bridgehead atoms. The molecule has 3 aromatic rings. The molecule has 5 heteroatoms. The van der Waals surface area contributed by atoms with E-state index in [1.165, 1.54) is 0 Å². The Kier molecular flexibility index (Phi) is 4.16. The van der Waals surface area contributed by atoms with Crippen molar-refractivity contribution in [2.75, 3.05) is 0 Å². The number of fused-ring (bicyclic) bond motifs is 1. The maximum atomic E-state index is 12.3. The van der Waals surface area contributed by atoms with E-state index >= 15 is 0 Å². The van der Waals surface area contributed by atoms with Gasteiger partial charge in [-0.3, -0.25) is 4.79 Å². The standard InChI is InChI=1S/C19H16N2O3/c1-12(15-8-4-5-9-17(15)22)20-21-19(24)16-10-13-6-2-3-7-14(13)11-18(16)23/h2-11,22-23H,1H3,(H,21,24)/b20-12-. The summed E-state index contributed by atoms with van der Waals surface area (Å²) in [4.78, 5) is 12.3. The van der Waals surface area contributed by atoms with E-state index in [0.29, 0.717) is 11.3 Å². The lowest BCUT2D eigenvalue weighted by Crippen LogP contribution is -2.19. The van der Waals surface area contributed by atoms with Gasteiger partial charge in [0.2, 0.25) is 0 Å². The fourth-order valence-corrected chi connectivity index (χ4v) is 2.44. The average Bonchev–Trinajstić information content (AvgIpc) is 2.59. The van der Waals surface area contributed by atoms with Crippen molar-refractivity contribution < 1.29 is 15.0 Å². The molecule has 0 saturated heterocycles. The molecule has 1 amide bonds. The molecule has 0 fully saturated rings. The molecule has 0 atom stereocenters. The van der Waals surface area contributed by atoms with Gasteiger partial charge in [-0.05, 0) is 42.0 Å². The highest BCUT2D eigenvalue weighted by atomic mass is 16.3. The highest BCUT2D eigenvalue weighted by molar-refractivity contribution is 6.04. The Labute approximate surface area is 138 Å². The highest BCUT2D eigenvalue weighted by Crippen LogP contribution is 2.25. The monoisotopic (exact) mass is 320 g/mol. The van der Waals surface area contributed by atoms with E-state index in [9.17, 15) is 15.0 Å². The molecule has 0 spiro atoms. The zero-order chi connectivity index (χ0) is 17.1. The molecule has 3 aromatic carbocycles. The Bertz CT molecular complexity index is 948. The molecule has 5 nitrogen and oxygen atoms in total. The van der Waals surface area contributed by atoms with E-state index in [1.807, 2.05) is 24.3 Å². The molecule has 0 aliphatic rings. The van der Waals surface area contributed by atoms with Gasteiger partial charge in [0.15, 0.2) is 0 Å². The minimum Gasteiger partial charge on any atom is -0.507 e. The van der Waals surface area contributed by atoms with Gasteiger partial charge in [0.25, 0.3) is 5.91 Å². The SMILES string of the molecule is C/C(=N/NC(=O)c1cc2ccccc2cc1O)c1ccccc1O. The van der Waals surface area contributed by atoms with E-state index in [4.69, 9.17) is 0 Å². The van der Waals surface area contributed by atoms with Crippen LogP contribution in [0.25, 0.3) is 10.8 Å². The third-order valence-electron chi connectivity index (χ3n) is 3.73. The number of nitrogens with zero attached hydrogens (tertiary/aromatic N) is 1. The summed E-state index contributed by atoms with van der Waals surface area (Å²) in [5.41, 5.74) is 3.54. The van der Waals surface area contributed by atoms with Gasteiger partial charge in [0, 0.05) is 5.56 Å². The zero-order valence-electron chi connectivity index (χ0n) is 13.0. The lowest BCUT2D eigenvalue weighted by molar-refractivity contribution is 0.0952. The normalized spacial score (nSPS) is 11.5. The van der Waals surface area contributed by atoms with Crippen molar-refractivity contribution in [3.05, 3.63) is 71.8 Å². The molecule has 0 radical (unpaired) electrons. The highest BCUT2D eigenvalue weighted by Gasteiger charge is 2.12. The van der Waals surface area contributed by atoms with Crippen LogP contribution in [0, 0.1) is 0 Å². The Morgan fingerprint density at radius 3 is 2.21 bits per heavy atom. The van der Waals surface area contributed by atoms with Gasteiger partial charge in [-0.25, -0.2) is 5.43 Å². The Morgan fingerprint density at radius 2 is 1.50 bits per heavy atom. The van der Waals surface area contributed by atoms with Crippen LogP contribution in [0.3, 0.4) is 0 Å². The van der Waals surface area contributed by atoms with Crippen molar-refractivity contribution in [1.29, 1.82) is 0 Å². The lowest BCUT2D eigenvalue weighted by Gasteiger charge is -2.07. The van der Waals surface area contributed by atoms with Crippen LogP contribution >= 0.6 is 0 Å². The third kappa shape index (κ3) is 3.05. The summed E-state index contributed by atoms with van der Waals surface area (Å²) < 4.78 is 0. The van der Waals surface area contributed by atoms with Gasteiger partial charge in [0.1, 0.15) is 11.5 Å². The number of amides is 1. The number of phenolic OH excluding ortho intramolecular Hbond substituents is 2. The molecular formula is C19H16N2O3. The predicted molar refractivity (Wildman–Crippen MR) is 93.4 cm³/mol. The quantitative estimate of drug-likeness (QED) is 0.511. The number of para-hydroxylation sites is 1. The Balaban J connectivity index is 1.86. The summed E-state index contributed by atoms with van der Waals surface area (Å²) >= 11 is 0. The third-order valence-corrected chi connectivity index (χ3v) is 3.73. The van der Waals surface area contributed by atoms with Gasteiger partial charge < -0.3 is 10.2 Å². The fraction of sp³-hybridized carbons (Fsp3) is 0.0526. The minimum absolute atomic E-state index is 0.0848. The van der Waals surface area contributed by atoms with Crippen LogP contribution in [0.15, 0.2) is 65.8 Å². The van der Waals surface area contributed by atoms with Crippen molar-refractivity contribution in [3.8, 4) is 11.5 Å². The molecule has 120 valence electrons. The van der Waals surface area contributed by atoms with Crippen molar-refractivity contribution in [2.24, 2.45) is 5.10 Å². The van der Waals surface area contributed by atoms with Crippen LogP contribution < -0.4 is 5.43 Å². The van der Waals surface area contributed by atoms with Crippen LogP contribution in [-0.2, 0) is 0 Å². The molecule has 3 N–H and O–H groups in total. The van der Waals surface area contributed by atoms with E-state index in [1.54, 1.807) is 43.3 Å². The first-order valence-electron chi connectivity index (χ1n) is 7.41. The summed E-state index contributed by atoms with van der Waals surface area (Å²) in [5, 5.41) is 25.5.